The van der Waals surface area contributed by atoms with Crippen molar-refractivity contribution in [1.29, 1.82) is 0 Å². The Bertz CT molecular complexity index is 605. The number of aliphatic hydroxyl groups is 1. The van der Waals surface area contributed by atoms with Crippen LogP contribution < -0.4 is 5.32 Å². The van der Waals surface area contributed by atoms with E-state index in [0.29, 0.717) is 13.0 Å². The molecule has 0 fully saturated rings. The monoisotopic (exact) mass is 319 g/mol. The summed E-state index contributed by atoms with van der Waals surface area (Å²) in [5, 5.41) is 14.0. The van der Waals surface area contributed by atoms with Crippen molar-refractivity contribution in [3.63, 3.8) is 0 Å². The predicted octanol–water partition coefficient (Wildman–Crippen LogP) is 3.03. The zero-order chi connectivity index (χ0) is 15.9. The number of hydrogen-bond acceptors (Lipinski definition) is 4. The third-order valence-electron chi connectivity index (χ3n) is 3.30. The molecule has 0 aliphatic heterocycles. The first kappa shape index (κ1) is 16.7. The van der Waals surface area contributed by atoms with Crippen molar-refractivity contribution in [2.75, 3.05) is 13.2 Å². The summed E-state index contributed by atoms with van der Waals surface area (Å²) in [4.78, 5) is 12.7. The first-order valence-electron chi connectivity index (χ1n) is 7.28. The van der Waals surface area contributed by atoms with Crippen LogP contribution in [0.5, 0.6) is 0 Å². The standard InChI is InChI=1S/C17H21NO3S/c1-3-4-9-21-12(2)17(20)18-11-14(19)16-10-13-7-5-6-8-15(13)22-16/h3,5-8,10,12,14,19H,1,4,9,11H2,2H3,(H,18,20). The zero-order valence-electron chi connectivity index (χ0n) is 12.6. The molecule has 22 heavy (non-hydrogen) atoms. The molecular weight excluding hydrogens is 298 g/mol. The lowest BCUT2D eigenvalue weighted by Gasteiger charge is -2.15. The van der Waals surface area contributed by atoms with Crippen LogP contribution in [0.3, 0.4) is 0 Å². The lowest BCUT2D eigenvalue weighted by molar-refractivity contribution is -0.132. The van der Waals surface area contributed by atoms with Gasteiger partial charge in [-0.25, -0.2) is 0 Å². The number of benzene rings is 1. The van der Waals surface area contributed by atoms with Gasteiger partial charge in [-0.3, -0.25) is 4.79 Å². The van der Waals surface area contributed by atoms with Crippen LogP contribution in [0.4, 0.5) is 0 Å². The number of carbonyl (C=O) groups excluding carboxylic acids is 1. The van der Waals surface area contributed by atoms with Gasteiger partial charge in [0.2, 0.25) is 5.91 Å². The Hall–Kier alpha value is -1.69. The van der Waals surface area contributed by atoms with E-state index in [2.05, 4.69) is 11.9 Å². The van der Waals surface area contributed by atoms with E-state index in [-0.39, 0.29) is 12.5 Å². The van der Waals surface area contributed by atoms with Crippen LogP contribution in [0.2, 0.25) is 0 Å². The van der Waals surface area contributed by atoms with Crippen molar-refractivity contribution in [3.8, 4) is 0 Å². The highest BCUT2D eigenvalue weighted by molar-refractivity contribution is 7.19. The predicted molar refractivity (Wildman–Crippen MR) is 90.0 cm³/mol. The van der Waals surface area contributed by atoms with Crippen molar-refractivity contribution in [3.05, 3.63) is 47.9 Å². The molecular formula is C17H21NO3S. The van der Waals surface area contributed by atoms with Crippen molar-refractivity contribution in [2.45, 2.75) is 25.6 Å². The van der Waals surface area contributed by atoms with Crippen LogP contribution in [-0.2, 0) is 9.53 Å². The summed E-state index contributed by atoms with van der Waals surface area (Å²) in [5.74, 6) is -0.218. The minimum Gasteiger partial charge on any atom is -0.386 e. The highest BCUT2D eigenvalue weighted by Crippen LogP contribution is 2.29. The lowest BCUT2D eigenvalue weighted by Crippen LogP contribution is -2.37. The maximum Gasteiger partial charge on any atom is 0.248 e. The van der Waals surface area contributed by atoms with E-state index in [1.165, 1.54) is 11.3 Å². The van der Waals surface area contributed by atoms with Crippen LogP contribution in [0.1, 0.15) is 24.3 Å². The van der Waals surface area contributed by atoms with Crippen molar-refractivity contribution in [2.24, 2.45) is 0 Å². The van der Waals surface area contributed by atoms with Gasteiger partial charge in [0.05, 0.1) is 6.61 Å². The number of thiophene rings is 1. The molecule has 0 aliphatic carbocycles. The van der Waals surface area contributed by atoms with Gasteiger partial charge < -0.3 is 15.2 Å². The van der Waals surface area contributed by atoms with Gasteiger partial charge in [-0.2, -0.15) is 0 Å². The van der Waals surface area contributed by atoms with E-state index in [1.54, 1.807) is 13.0 Å². The molecule has 0 radical (unpaired) electrons. The second-order valence-corrected chi connectivity index (χ2v) is 6.15. The number of hydrogen-bond donors (Lipinski definition) is 2. The van der Waals surface area contributed by atoms with Crippen molar-refractivity contribution in [1.82, 2.24) is 5.32 Å². The number of nitrogens with one attached hydrogen (secondary N) is 1. The Labute approximate surface area is 134 Å². The van der Waals surface area contributed by atoms with Gasteiger partial charge in [0.1, 0.15) is 12.2 Å². The molecule has 2 atom stereocenters. The summed E-state index contributed by atoms with van der Waals surface area (Å²) in [6.07, 6.45) is 1.22. The molecule has 2 unspecified atom stereocenters. The summed E-state index contributed by atoms with van der Waals surface area (Å²) < 4.78 is 6.50. The maximum atomic E-state index is 11.9. The molecule has 1 aromatic heterocycles. The highest BCUT2D eigenvalue weighted by Gasteiger charge is 2.16. The molecule has 2 rings (SSSR count). The number of rotatable bonds is 8. The van der Waals surface area contributed by atoms with Crippen molar-refractivity contribution >= 4 is 27.3 Å². The Balaban J connectivity index is 1.85. The van der Waals surface area contributed by atoms with Crippen LogP contribution in [0.25, 0.3) is 10.1 Å². The summed E-state index contributed by atoms with van der Waals surface area (Å²) in [5.41, 5.74) is 0. The third-order valence-corrected chi connectivity index (χ3v) is 4.52. The number of aliphatic hydroxyl groups excluding tert-OH is 1. The summed E-state index contributed by atoms with van der Waals surface area (Å²) in [6.45, 7) is 5.95. The molecule has 118 valence electrons. The summed E-state index contributed by atoms with van der Waals surface area (Å²) in [6, 6.07) is 9.93. The zero-order valence-corrected chi connectivity index (χ0v) is 13.4. The minimum atomic E-state index is -0.707. The average molecular weight is 319 g/mol. The van der Waals surface area contributed by atoms with E-state index in [9.17, 15) is 9.90 Å². The topological polar surface area (TPSA) is 58.6 Å². The van der Waals surface area contributed by atoms with Gasteiger partial charge in [-0.1, -0.05) is 24.3 Å². The van der Waals surface area contributed by atoms with Gasteiger partial charge in [-0.15, -0.1) is 17.9 Å². The number of carbonyl (C=O) groups is 1. The van der Waals surface area contributed by atoms with Gasteiger partial charge in [0, 0.05) is 16.1 Å². The summed E-state index contributed by atoms with van der Waals surface area (Å²) in [7, 11) is 0. The first-order chi connectivity index (χ1) is 10.6. The Morgan fingerprint density at radius 2 is 2.27 bits per heavy atom. The molecule has 0 aliphatic rings. The SMILES string of the molecule is C=CCCOC(C)C(=O)NCC(O)c1cc2ccccc2s1. The van der Waals surface area contributed by atoms with Crippen molar-refractivity contribution < 1.29 is 14.6 Å². The molecule has 1 heterocycles. The lowest BCUT2D eigenvalue weighted by atomic mass is 10.2. The van der Waals surface area contributed by atoms with Gasteiger partial charge in [0.15, 0.2) is 0 Å². The fourth-order valence-electron chi connectivity index (χ4n) is 2.01. The van der Waals surface area contributed by atoms with Gasteiger partial charge in [0.25, 0.3) is 0 Å². The van der Waals surface area contributed by atoms with E-state index in [1.807, 2.05) is 30.3 Å². The van der Waals surface area contributed by atoms with Gasteiger partial charge in [-0.05, 0) is 30.9 Å². The van der Waals surface area contributed by atoms with E-state index in [0.717, 1.165) is 15.0 Å². The number of amides is 1. The second-order valence-electron chi connectivity index (χ2n) is 5.04. The van der Waals surface area contributed by atoms with Crippen LogP contribution in [0.15, 0.2) is 43.0 Å². The molecule has 2 aromatic rings. The molecule has 1 aromatic carbocycles. The van der Waals surface area contributed by atoms with E-state index in [4.69, 9.17) is 4.74 Å². The quantitative estimate of drug-likeness (QED) is 0.581. The smallest absolute Gasteiger partial charge is 0.248 e. The van der Waals surface area contributed by atoms with Crippen LogP contribution in [-0.4, -0.2) is 30.3 Å². The second kappa shape index (κ2) is 8.08. The molecule has 2 N–H and O–H groups in total. The Morgan fingerprint density at radius 3 is 3.00 bits per heavy atom. The largest absolute Gasteiger partial charge is 0.386 e. The summed E-state index contributed by atoms with van der Waals surface area (Å²) >= 11 is 1.54. The molecule has 0 saturated carbocycles. The van der Waals surface area contributed by atoms with Crippen LogP contribution in [0, 0.1) is 0 Å². The fourth-order valence-corrected chi connectivity index (χ4v) is 3.06. The average Bonchev–Trinajstić information content (AvgIpc) is 2.96. The first-order valence-corrected chi connectivity index (χ1v) is 8.10. The molecule has 0 saturated heterocycles. The number of ether oxygens (including phenoxy) is 1. The van der Waals surface area contributed by atoms with Crippen LogP contribution >= 0.6 is 11.3 Å². The Morgan fingerprint density at radius 1 is 1.50 bits per heavy atom. The highest BCUT2D eigenvalue weighted by atomic mass is 32.1. The molecule has 0 bridgehead atoms. The fraction of sp³-hybridized carbons (Fsp3) is 0.353. The van der Waals surface area contributed by atoms with Gasteiger partial charge >= 0.3 is 0 Å². The molecule has 1 amide bonds. The molecule has 0 spiro atoms. The van der Waals surface area contributed by atoms with E-state index < -0.39 is 12.2 Å². The number of fused-ring (bicyclic) bond motifs is 1. The maximum absolute atomic E-state index is 11.9. The Kier molecular flexibility index (Phi) is 6.12. The molecule has 4 nitrogen and oxygen atoms in total. The normalized spacial score (nSPS) is 13.7. The third kappa shape index (κ3) is 4.40. The van der Waals surface area contributed by atoms with E-state index >= 15 is 0 Å². The minimum absolute atomic E-state index is 0.181. The molecule has 5 heteroatoms.